The summed E-state index contributed by atoms with van der Waals surface area (Å²) in [5.41, 5.74) is -1.02. The number of alkyl halides is 3. The van der Waals surface area contributed by atoms with Crippen LogP contribution >= 0.6 is 0 Å². The molecule has 3 rings (SSSR count). The first kappa shape index (κ1) is 23.1. The van der Waals surface area contributed by atoms with E-state index in [1.807, 2.05) is 0 Å². The van der Waals surface area contributed by atoms with Crippen molar-refractivity contribution in [3.63, 3.8) is 0 Å². The molecule has 0 aliphatic carbocycles. The van der Waals surface area contributed by atoms with Crippen molar-refractivity contribution in [3.8, 4) is 5.75 Å². The standard InChI is InChI=1S/C21H16F4N2O4S/c1-31-19-10-7-15(12-18(19)22)26-20(28)13-5-8-17(9-6-13)32(29,30)27-16-4-2-3-14(11-16)21(23,24)25/h2-12,27H,1H3,(H,26,28). The molecule has 0 aliphatic rings. The Balaban J connectivity index is 1.74. The van der Waals surface area contributed by atoms with Crippen molar-refractivity contribution in [2.75, 3.05) is 17.1 Å². The van der Waals surface area contributed by atoms with Gasteiger partial charge in [0.05, 0.1) is 17.6 Å². The predicted octanol–water partition coefficient (Wildman–Crippen LogP) is 4.91. The van der Waals surface area contributed by atoms with E-state index in [2.05, 4.69) is 10.0 Å². The summed E-state index contributed by atoms with van der Waals surface area (Å²) in [4.78, 5) is 12.1. The zero-order chi connectivity index (χ0) is 23.5. The fraction of sp³-hybridized carbons (Fsp3) is 0.0952. The average molecular weight is 468 g/mol. The van der Waals surface area contributed by atoms with Gasteiger partial charge in [0, 0.05) is 23.0 Å². The van der Waals surface area contributed by atoms with Gasteiger partial charge in [-0.25, -0.2) is 12.8 Å². The van der Waals surface area contributed by atoms with Crippen molar-refractivity contribution in [2.45, 2.75) is 11.1 Å². The quantitative estimate of drug-likeness (QED) is 0.504. The number of anilines is 2. The van der Waals surface area contributed by atoms with Gasteiger partial charge in [0.15, 0.2) is 11.6 Å². The zero-order valence-corrected chi connectivity index (χ0v) is 17.2. The molecule has 3 aromatic rings. The van der Waals surface area contributed by atoms with Crippen LogP contribution in [0.1, 0.15) is 15.9 Å². The number of nitrogens with one attached hydrogen (secondary N) is 2. The van der Waals surface area contributed by atoms with Crippen LogP contribution in [-0.4, -0.2) is 21.4 Å². The van der Waals surface area contributed by atoms with Gasteiger partial charge in [0.25, 0.3) is 15.9 Å². The van der Waals surface area contributed by atoms with Crippen molar-refractivity contribution < 1.29 is 35.5 Å². The monoisotopic (exact) mass is 468 g/mol. The van der Waals surface area contributed by atoms with E-state index in [4.69, 9.17) is 4.74 Å². The fourth-order valence-corrected chi connectivity index (χ4v) is 3.76. The molecule has 32 heavy (non-hydrogen) atoms. The number of carbonyl (C=O) groups excluding carboxylic acids is 1. The molecule has 0 unspecified atom stereocenters. The molecule has 0 saturated heterocycles. The molecule has 0 heterocycles. The maximum Gasteiger partial charge on any atom is 0.416 e. The topological polar surface area (TPSA) is 84.5 Å². The van der Waals surface area contributed by atoms with Crippen molar-refractivity contribution in [1.82, 2.24) is 0 Å². The number of amides is 1. The number of methoxy groups -OCH3 is 1. The lowest BCUT2D eigenvalue weighted by atomic mass is 10.2. The van der Waals surface area contributed by atoms with E-state index in [1.54, 1.807) is 0 Å². The van der Waals surface area contributed by atoms with E-state index >= 15 is 0 Å². The largest absolute Gasteiger partial charge is 0.494 e. The SMILES string of the molecule is COc1ccc(NC(=O)c2ccc(S(=O)(=O)Nc3cccc(C(F)(F)F)c3)cc2)cc1F. The zero-order valence-electron chi connectivity index (χ0n) is 16.4. The maximum absolute atomic E-state index is 13.7. The molecule has 11 heteroatoms. The van der Waals surface area contributed by atoms with Gasteiger partial charge in [-0.2, -0.15) is 13.2 Å². The van der Waals surface area contributed by atoms with Crippen LogP contribution in [0.15, 0.2) is 71.6 Å². The highest BCUT2D eigenvalue weighted by Gasteiger charge is 2.30. The lowest BCUT2D eigenvalue weighted by molar-refractivity contribution is -0.137. The van der Waals surface area contributed by atoms with Gasteiger partial charge in [-0.05, 0) is 54.6 Å². The molecular formula is C21H16F4N2O4S. The molecule has 0 aliphatic heterocycles. The van der Waals surface area contributed by atoms with E-state index in [0.717, 1.165) is 30.3 Å². The minimum Gasteiger partial charge on any atom is -0.494 e. The minimum absolute atomic E-state index is 0.00540. The number of hydrogen-bond donors (Lipinski definition) is 2. The van der Waals surface area contributed by atoms with Gasteiger partial charge in [-0.15, -0.1) is 0 Å². The number of halogens is 4. The summed E-state index contributed by atoms with van der Waals surface area (Å²) in [7, 11) is -2.90. The Hall–Kier alpha value is -3.60. The van der Waals surface area contributed by atoms with Gasteiger partial charge >= 0.3 is 6.18 Å². The Morgan fingerprint density at radius 2 is 1.62 bits per heavy atom. The Kier molecular flexibility index (Phi) is 6.40. The summed E-state index contributed by atoms with van der Waals surface area (Å²) in [5.74, 6) is -1.29. The number of carbonyl (C=O) groups is 1. The lowest BCUT2D eigenvalue weighted by Gasteiger charge is -2.12. The van der Waals surface area contributed by atoms with Gasteiger partial charge in [0.1, 0.15) is 0 Å². The highest BCUT2D eigenvalue weighted by molar-refractivity contribution is 7.92. The van der Waals surface area contributed by atoms with Crippen LogP contribution in [0.25, 0.3) is 0 Å². The normalized spacial score (nSPS) is 11.7. The summed E-state index contributed by atoms with van der Waals surface area (Å²) >= 11 is 0. The molecular weight excluding hydrogens is 452 g/mol. The molecule has 0 bridgehead atoms. The van der Waals surface area contributed by atoms with Crippen molar-refractivity contribution >= 4 is 27.3 Å². The Morgan fingerprint density at radius 3 is 2.22 bits per heavy atom. The average Bonchev–Trinajstić information content (AvgIpc) is 2.73. The van der Waals surface area contributed by atoms with Crippen LogP contribution in [-0.2, 0) is 16.2 Å². The first-order valence-electron chi connectivity index (χ1n) is 8.94. The third kappa shape index (κ3) is 5.35. The molecule has 168 valence electrons. The van der Waals surface area contributed by atoms with E-state index in [0.29, 0.717) is 6.07 Å². The molecule has 1 amide bonds. The van der Waals surface area contributed by atoms with Crippen LogP contribution < -0.4 is 14.8 Å². The number of hydrogen-bond acceptors (Lipinski definition) is 4. The Labute approximate surface area is 180 Å². The summed E-state index contributed by atoms with van der Waals surface area (Å²) in [5, 5.41) is 2.46. The molecule has 0 radical (unpaired) electrons. The highest BCUT2D eigenvalue weighted by atomic mass is 32.2. The van der Waals surface area contributed by atoms with Crippen LogP contribution in [0.2, 0.25) is 0 Å². The van der Waals surface area contributed by atoms with Crippen LogP contribution in [0.5, 0.6) is 5.75 Å². The van der Waals surface area contributed by atoms with Gasteiger partial charge in [-0.1, -0.05) is 6.07 Å². The summed E-state index contributed by atoms with van der Waals surface area (Å²) in [6.07, 6.45) is -4.62. The second-order valence-electron chi connectivity index (χ2n) is 6.51. The van der Waals surface area contributed by atoms with Crippen molar-refractivity contribution in [2.24, 2.45) is 0 Å². The number of rotatable bonds is 6. The third-order valence-electron chi connectivity index (χ3n) is 4.28. The molecule has 3 aromatic carbocycles. The van der Waals surface area contributed by atoms with Crippen LogP contribution in [0, 0.1) is 5.82 Å². The minimum atomic E-state index is -4.62. The van der Waals surface area contributed by atoms with Crippen LogP contribution in [0.3, 0.4) is 0 Å². The van der Waals surface area contributed by atoms with Crippen molar-refractivity contribution in [1.29, 1.82) is 0 Å². The second kappa shape index (κ2) is 8.87. The number of ether oxygens (including phenoxy) is 1. The lowest BCUT2D eigenvalue weighted by Crippen LogP contribution is -2.15. The van der Waals surface area contributed by atoms with Gasteiger partial charge in [-0.3, -0.25) is 9.52 Å². The van der Waals surface area contributed by atoms with Gasteiger partial charge < -0.3 is 10.1 Å². The first-order valence-corrected chi connectivity index (χ1v) is 10.4. The summed E-state index contributed by atoms with van der Waals surface area (Å²) < 4.78 is 84.0. The van der Waals surface area contributed by atoms with E-state index in [-0.39, 0.29) is 27.6 Å². The molecule has 6 nitrogen and oxygen atoms in total. The van der Waals surface area contributed by atoms with E-state index < -0.39 is 33.5 Å². The molecule has 0 spiro atoms. The number of sulfonamides is 1. The highest BCUT2D eigenvalue weighted by Crippen LogP contribution is 2.31. The van der Waals surface area contributed by atoms with Crippen LogP contribution in [0.4, 0.5) is 28.9 Å². The second-order valence-corrected chi connectivity index (χ2v) is 8.19. The predicted molar refractivity (Wildman–Crippen MR) is 110 cm³/mol. The Morgan fingerprint density at radius 1 is 0.938 bits per heavy atom. The maximum atomic E-state index is 13.7. The molecule has 0 atom stereocenters. The first-order chi connectivity index (χ1) is 15.0. The van der Waals surface area contributed by atoms with Gasteiger partial charge in [0.2, 0.25) is 0 Å². The van der Waals surface area contributed by atoms with E-state index in [9.17, 15) is 30.8 Å². The van der Waals surface area contributed by atoms with E-state index in [1.165, 1.54) is 37.4 Å². The summed E-state index contributed by atoms with van der Waals surface area (Å²) in [6.45, 7) is 0. The number of benzene rings is 3. The fourth-order valence-electron chi connectivity index (χ4n) is 2.71. The third-order valence-corrected chi connectivity index (χ3v) is 5.68. The molecule has 0 aromatic heterocycles. The molecule has 0 saturated carbocycles. The summed E-state index contributed by atoms with van der Waals surface area (Å²) in [6, 6.07) is 12.3. The Bertz CT molecular complexity index is 1240. The molecule has 2 N–H and O–H groups in total. The molecule has 0 fully saturated rings. The van der Waals surface area contributed by atoms with Crippen molar-refractivity contribution in [3.05, 3.63) is 83.7 Å². The smallest absolute Gasteiger partial charge is 0.416 e.